The van der Waals surface area contributed by atoms with E-state index >= 15 is 0 Å². The van der Waals surface area contributed by atoms with Crippen LogP contribution in [0.3, 0.4) is 0 Å². The van der Waals surface area contributed by atoms with Gasteiger partial charge in [0.05, 0.1) is 11.3 Å². The highest BCUT2D eigenvalue weighted by Gasteiger charge is 2.46. The van der Waals surface area contributed by atoms with Crippen molar-refractivity contribution < 1.29 is 14.7 Å². The van der Waals surface area contributed by atoms with Crippen LogP contribution in [0.4, 0.5) is 0 Å². The second-order valence-corrected chi connectivity index (χ2v) is 6.46. The summed E-state index contributed by atoms with van der Waals surface area (Å²) >= 11 is 0. The standard InChI is InChI=1S/C17H22N2O3/c20-15(21)13-5-4-10-19(12-13)16(22)17(7-1-2-8-17)14-6-3-9-18-11-14/h3,6,9,11,13H,1-2,4-5,7-8,10,12H2,(H,20,21). The van der Waals surface area contributed by atoms with Crippen LogP contribution in [0.5, 0.6) is 0 Å². The zero-order chi connectivity index (χ0) is 15.6. The lowest BCUT2D eigenvalue weighted by atomic mass is 9.77. The van der Waals surface area contributed by atoms with Gasteiger partial charge >= 0.3 is 5.97 Å². The van der Waals surface area contributed by atoms with E-state index in [-0.39, 0.29) is 5.91 Å². The number of aliphatic carboxylic acids is 1. The summed E-state index contributed by atoms with van der Waals surface area (Å²) in [6, 6.07) is 3.85. The molecule has 1 aliphatic carbocycles. The van der Waals surface area contributed by atoms with Gasteiger partial charge in [0.15, 0.2) is 0 Å². The van der Waals surface area contributed by atoms with E-state index in [1.54, 1.807) is 17.3 Å². The first-order valence-electron chi connectivity index (χ1n) is 8.06. The van der Waals surface area contributed by atoms with Gasteiger partial charge in [-0.1, -0.05) is 18.9 Å². The summed E-state index contributed by atoms with van der Waals surface area (Å²) in [6.07, 6.45) is 8.70. The molecule has 0 radical (unpaired) electrons. The number of carboxylic acids is 1. The Hall–Kier alpha value is -1.91. The van der Waals surface area contributed by atoms with Gasteiger partial charge in [-0.25, -0.2) is 0 Å². The smallest absolute Gasteiger partial charge is 0.308 e. The van der Waals surface area contributed by atoms with Crippen molar-refractivity contribution in [1.29, 1.82) is 0 Å². The van der Waals surface area contributed by atoms with E-state index in [2.05, 4.69) is 4.98 Å². The first-order chi connectivity index (χ1) is 10.6. The number of hydrogen-bond acceptors (Lipinski definition) is 3. The number of amides is 1. The molecule has 118 valence electrons. The van der Waals surface area contributed by atoms with E-state index in [0.717, 1.165) is 37.7 Å². The minimum Gasteiger partial charge on any atom is -0.481 e. The number of rotatable bonds is 3. The third-order valence-corrected chi connectivity index (χ3v) is 5.14. The number of carbonyl (C=O) groups is 2. The Labute approximate surface area is 130 Å². The van der Waals surface area contributed by atoms with Crippen molar-refractivity contribution >= 4 is 11.9 Å². The van der Waals surface area contributed by atoms with Gasteiger partial charge in [0.25, 0.3) is 0 Å². The summed E-state index contributed by atoms with van der Waals surface area (Å²) in [7, 11) is 0. The van der Waals surface area contributed by atoms with Gasteiger partial charge in [-0.2, -0.15) is 0 Å². The molecule has 22 heavy (non-hydrogen) atoms. The number of aromatic nitrogens is 1. The molecule has 1 atom stereocenters. The largest absolute Gasteiger partial charge is 0.481 e. The predicted molar refractivity (Wildman–Crippen MR) is 81.3 cm³/mol. The molecule has 1 amide bonds. The van der Waals surface area contributed by atoms with Crippen LogP contribution in [0, 0.1) is 5.92 Å². The van der Waals surface area contributed by atoms with Gasteiger partial charge in [-0.05, 0) is 37.3 Å². The molecule has 0 spiro atoms. The zero-order valence-electron chi connectivity index (χ0n) is 12.7. The molecule has 1 saturated heterocycles. The number of pyridine rings is 1. The molecule has 1 unspecified atom stereocenters. The molecule has 2 heterocycles. The van der Waals surface area contributed by atoms with Crippen LogP contribution < -0.4 is 0 Å². The summed E-state index contributed by atoms with van der Waals surface area (Å²) in [5.41, 5.74) is 0.490. The van der Waals surface area contributed by atoms with Crippen LogP contribution >= 0.6 is 0 Å². The van der Waals surface area contributed by atoms with E-state index in [9.17, 15) is 14.7 Å². The first-order valence-corrected chi connectivity index (χ1v) is 8.06. The number of carboxylic acid groups (broad SMARTS) is 1. The van der Waals surface area contributed by atoms with Gasteiger partial charge < -0.3 is 10.0 Å². The topological polar surface area (TPSA) is 70.5 Å². The Morgan fingerprint density at radius 2 is 2.05 bits per heavy atom. The van der Waals surface area contributed by atoms with Crippen LogP contribution in [0.15, 0.2) is 24.5 Å². The number of nitrogens with zero attached hydrogens (tertiary/aromatic N) is 2. The molecule has 2 aliphatic rings. The Kier molecular flexibility index (Phi) is 4.14. The summed E-state index contributed by atoms with van der Waals surface area (Å²) < 4.78 is 0. The Morgan fingerprint density at radius 1 is 1.27 bits per heavy atom. The molecule has 2 fully saturated rings. The maximum Gasteiger partial charge on any atom is 0.308 e. The fourth-order valence-electron chi connectivity index (χ4n) is 3.92. The Balaban J connectivity index is 1.86. The summed E-state index contributed by atoms with van der Waals surface area (Å²) in [5, 5.41) is 9.24. The molecular weight excluding hydrogens is 280 g/mol. The highest BCUT2D eigenvalue weighted by atomic mass is 16.4. The highest BCUT2D eigenvalue weighted by molar-refractivity contribution is 5.89. The third-order valence-electron chi connectivity index (χ3n) is 5.14. The second kappa shape index (κ2) is 6.07. The summed E-state index contributed by atoms with van der Waals surface area (Å²) in [6.45, 7) is 1.01. The van der Waals surface area contributed by atoms with E-state index in [0.29, 0.717) is 19.5 Å². The molecule has 3 rings (SSSR count). The summed E-state index contributed by atoms with van der Waals surface area (Å²) in [4.78, 5) is 30.4. The predicted octanol–water partition coefficient (Wildman–Crippen LogP) is 2.22. The Morgan fingerprint density at radius 3 is 2.68 bits per heavy atom. The van der Waals surface area contributed by atoms with Crippen molar-refractivity contribution in [3.63, 3.8) is 0 Å². The second-order valence-electron chi connectivity index (χ2n) is 6.46. The normalized spacial score (nSPS) is 24.2. The van der Waals surface area contributed by atoms with Crippen LogP contribution in [0.25, 0.3) is 0 Å². The zero-order valence-corrected chi connectivity index (χ0v) is 12.7. The molecule has 0 bridgehead atoms. The average molecular weight is 302 g/mol. The lowest BCUT2D eigenvalue weighted by molar-refractivity contribution is -0.147. The van der Waals surface area contributed by atoms with Gasteiger partial charge in [-0.15, -0.1) is 0 Å². The van der Waals surface area contributed by atoms with Crippen molar-refractivity contribution in [2.75, 3.05) is 13.1 Å². The molecule has 5 heteroatoms. The minimum atomic E-state index is -0.792. The fourth-order valence-corrected chi connectivity index (χ4v) is 3.92. The lowest BCUT2D eigenvalue weighted by Crippen LogP contribution is -2.50. The first kappa shape index (κ1) is 15.0. The van der Waals surface area contributed by atoms with Gasteiger partial charge in [0.1, 0.15) is 0 Å². The summed E-state index contributed by atoms with van der Waals surface area (Å²) in [5.74, 6) is -1.12. The fraction of sp³-hybridized carbons (Fsp3) is 0.588. The number of hydrogen-bond donors (Lipinski definition) is 1. The molecule has 1 aliphatic heterocycles. The number of likely N-dealkylation sites (tertiary alicyclic amines) is 1. The molecule has 1 N–H and O–H groups in total. The average Bonchev–Trinajstić information content (AvgIpc) is 3.06. The van der Waals surface area contributed by atoms with Gasteiger partial charge in [-0.3, -0.25) is 14.6 Å². The minimum absolute atomic E-state index is 0.101. The molecule has 0 aromatic carbocycles. The molecule has 5 nitrogen and oxygen atoms in total. The van der Waals surface area contributed by atoms with E-state index in [4.69, 9.17) is 0 Å². The van der Waals surface area contributed by atoms with Crippen molar-refractivity contribution in [2.45, 2.75) is 43.9 Å². The van der Waals surface area contributed by atoms with Crippen molar-refractivity contribution in [2.24, 2.45) is 5.92 Å². The van der Waals surface area contributed by atoms with Crippen molar-refractivity contribution in [1.82, 2.24) is 9.88 Å². The van der Waals surface area contributed by atoms with Gasteiger partial charge in [0, 0.05) is 25.5 Å². The van der Waals surface area contributed by atoms with Crippen LogP contribution in [-0.2, 0) is 15.0 Å². The van der Waals surface area contributed by atoms with E-state index in [1.807, 2.05) is 12.1 Å². The van der Waals surface area contributed by atoms with Crippen LogP contribution in [-0.4, -0.2) is 40.0 Å². The molecular formula is C17H22N2O3. The highest BCUT2D eigenvalue weighted by Crippen LogP contribution is 2.43. The quantitative estimate of drug-likeness (QED) is 0.929. The van der Waals surface area contributed by atoms with Crippen LogP contribution in [0.2, 0.25) is 0 Å². The third kappa shape index (κ3) is 2.60. The SMILES string of the molecule is O=C(O)C1CCCN(C(=O)C2(c3cccnc3)CCCC2)C1. The van der Waals surface area contributed by atoms with Gasteiger partial charge in [0.2, 0.25) is 5.91 Å². The number of piperidine rings is 1. The molecule has 1 saturated carbocycles. The lowest BCUT2D eigenvalue weighted by Gasteiger charge is -2.38. The molecule has 1 aromatic heterocycles. The monoisotopic (exact) mass is 302 g/mol. The van der Waals surface area contributed by atoms with Crippen molar-refractivity contribution in [3.8, 4) is 0 Å². The van der Waals surface area contributed by atoms with Crippen LogP contribution in [0.1, 0.15) is 44.1 Å². The van der Waals surface area contributed by atoms with E-state index in [1.165, 1.54) is 0 Å². The molecule has 1 aromatic rings. The maximum atomic E-state index is 13.2. The Bertz CT molecular complexity index is 552. The van der Waals surface area contributed by atoms with E-state index < -0.39 is 17.3 Å². The number of carbonyl (C=O) groups excluding carboxylic acids is 1. The maximum absolute atomic E-state index is 13.2. The van der Waals surface area contributed by atoms with Crippen molar-refractivity contribution in [3.05, 3.63) is 30.1 Å².